The Hall–Kier alpha value is -1.75. The van der Waals surface area contributed by atoms with Gasteiger partial charge in [-0.25, -0.2) is 4.68 Å². The molecule has 0 unspecified atom stereocenters. The van der Waals surface area contributed by atoms with Gasteiger partial charge in [-0.1, -0.05) is 0 Å². The lowest BCUT2D eigenvalue weighted by Gasteiger charge is -2.08. The number of aryl methyl sites for hydroxylation is 2. The zero-order valence-corrected chi connectivity index (χ0v) is 11.0. The van der Waals surface area contributed by atoms with Crippen molar-refractivity contribution in [3.63, 3.8) is 0 Å². The van der Waals surface area contributed by atoms with E-state index in [-0.39, 0.29) is 6.61 Å². The minimum absolute atomic E-state index is 0.0785. The summed E-state index contributed by atoms with van der Waals surface area (Å²) in [5.74, 6) is 2.74. The molecule has 0 saturated heterocycles. The van der Waals surface area contributed by atoms with Crippen molar-refractivity contribution in [1.29, 1.82) is 0 Å². The fourth-order valence-corrected chi connectivity index (χ4v) is 1.90. The van der Waals surface area contributed by atoms with Crippen LogP contribution >= 0.6 is 0 Å². The van der Waals surface area contributed by atoms with Crippen LogP contribution in [0.4, 0.5) is 5.82 Å². The predicted molar refractivity (Wildman–Crippen MR) is 69.6 cm³/mol. The van der Waals surface area contributed by atoms with Crippen LogP contribution in [0.15, 0.2) is 16.5 Å². The number of aromatic nitrogens is 2. The smallest absolute Gasteiger partial charge is 0.127 e. The summed E-state index contributed by atoms with van der Waals surface area (Å²) in [5, 5.41) is 16.7. The van der Waals surface area contributed by atoms with Gasteiger partial charge >= 0.3 is 0 Å². The summed E-state index contributed by atoms with van der Waals surface area (Å²) in [4.78, 5) is 0. The van der Waals surface area contributed by atoms with Gasteiger partial charge in [0.15, 0.2) is 0 Å². The van der Waals surface area contributed by atoms with Crippen LogP contribution in [0.25, 0.3) is 0 Å². The molecule has 0 aliphatic rings. The van der Waals surface area contributed by atoms with Crippen LogP contribution in [0.5, 0.6) is 0 Å². The highest BCUT2D eigenvalue weighted by Crippen LogP contribution is 2.19. The van der Waals surface area contributed by atoms with Gasteiger partial charge in [-0.2, -0.15) is 5.10 Å². The van der Waals surface area contributed by atoms with Gasteiger partial charge in [0.1, 0.15) is 17.3 Å². The number of hydrogen-bond donors (Lipinski definition) is 2. The van der Waals surface area contributed by atoms with Crippen molar-refractivity contribution in [3.05, 3.63) is 34.9 Å². The first-order valence-electron chi connectivity index (χ1n) is 6.06. The molecule has 0 spiro atoms. The zero-order valence-electron chi connectivity index (χ0n) is 11.0. The molecule has 0 radical (unpaired) electrons. The molecule has 0 bridgehead atoms. The molecule has 5 heteroatoms. The summed E-state index contributed by atoms with van der Waals surface area (Å²) in [6.07, 6.45) is 0. The van der Waals surface area contributed by atoms with E-state index in [1.807, 2.05) is 32.9 Å². The number of aliphatic hydroxyl groups excluding tert-OH is 1. The first kappa shape index (κ1) is 12.7. The molecule has 0 amide bonds. The van der Waals surface area contributed by atoms with E-state index in [4.69, 9.17) is 9.52 Å². The summed E-state index contributed by atoms with van der Waals surface area (Å²) < 4.78 is 7.30. The van der Waals surface area contributed by atoms with Crippen LogP contribution in [0.3, 0.4) is 0 Å². The van der Waals surface area contributed by atoms with Crippen LogP contribution in [0.2, 0.25) is 0 Å². The molecule has 0 saturated carbocycles. The second-order valence-electron chi connectivity index (χ2n) is 4.37. The largest absolute Gasteiger partial charge is 0.465 e. The number of nitrogens with one attached hydrogen (secondary N) is 1. The normalized spacial score (nSPS) is 10.9. The molecule has 0 aliphatic heterocycles. The van der Waals surface area contributed by atoms with E-state index < -0.39 is 0 Å². The lowest BCUT2D eigenvalue weighted by Crippen LogP contribution is -2.10. The third-order valence-corrected chi connectivity index (χ3v) is 2.96. The molecule has 5 nitrogen and oxygen atoms in total. The van der Waals surface area contributed by atoms with Crippen LogP contribution in [0, 0.1) is 20.8 Å². The maximum Gasteiger partial charge on any atom is 0.127 e. The van der Waals surface area contributed by atoms with E-state index in [1.165, 1.54) is 0 Å². The highest BCUT2D eigenvalue weighted by Gasteiger charge is 2.11. The molecule has 0 atom stereocenters. The van der Waals surface area contributed by atoms with Gasteiger partial charge in [0.05, 0.1) is 25.4 Å². The lowest BCUT2D eigenvalue weighted by atomic mass is 10.3. The first-order chi connectivity index (χ1) is 8.61. The van der Waals surface area contributed by atoms with E-state index >= 15 is 0 Å². The van der Waals surface area contributed by atoms with Crippen molar-refractivity contribution in [1.82, 2.24) is 9.78 Å². The van der Waals surface area contributed by atoms with Crippen molar-refractivity contribution >= 4 is 5.82 Å². The first-order valence-corrected chi connectivity index (χ1v) is 6.06. The second-order valence-corrected chi connectivity index (χ2v) is 4.37. The number of hydrogen-bond acceptors (Lipinski definition) is 4. The Morgan fingerprint density at radius 3 is 2.72 bits per heavy atom. The van der Waals surface area contributed by atoms with Crippen LogP contribution in [-0.2, 0) is 13.1 Å². The second kappa shape index (κ2) is 5.27. The molecule has 2 aromatic rings. The molecule has 2 rings (SSSR count). The van der Waals surface area contributed by atoms with Gasteiger partial charge in [-0.05, 0) is 32.9 Å². The molecule has 18 heavy (non-hydrogen) atoms. The van der Waals surface area contributed by atoms with Crippen LogP contribution in [0.1, 0.15) is 22.8 Å². The molecule has 2 N–H and O–H groups in total. The van der Waals surface area contributed by atoms with Crippen molar-refractivity contribution < 1.29 is 9.52 Å². The third-order valence-electron chi connectivity index (χ3n) is 2.96. The van der Waals surface area contributed by atoms with Crippen LogP contribution < -0.4 is 5.32 Å². The predicted octanol–water partition coefficient (Wildman–Crippen LogP) is 2.01. The summed E-state index contributed by atoms with van der Waals surface area (Å²) in [6, 6.07) is 3.90. The third kappa shape index (κ3) is 2.56. The van der Waals surface area contributed by atoms with Crippen molar-refractivity contribution in [3.8, 4) is 0 Å². The Morgan fingerprint density at radius 1 is 1.33 bits per heavy atom. The summed E-state index contributed by atoms with van der Waals surface area (Å²) in [6.45, 7) is 7.10. The quantitative estimate of drug-likeness (QED) is 0.850. The van der Waals surface area contributed by atoms with E-state index in [9.17, 15) is 0 Å². The topological polar surface area (TPSA) is 63.2 Å². The minimum atomic E-state index is 0.0785. The van der Waals surface area contributed by atoms with Gasteiger partial charge in [-0.3, -0.25) is 0 Å². The fraction of sp³-hybridized carbons (Fsp3) is 0.462. The van der Waals surface area contributed by atoms with E-state index in [2.05, 4.69) is 10.4 Å². The van der Waals surface area contributed by atoms with Gasteiger partial charge < -0.3 is 14.8 Å². The van der Waals surface area contributed by atoms with E-state index in [0.29, 0.717) is 13.1 Å². The van der Waals surface area contributed by atoms with Gasteiger partial charge in [0.25, 0.3) is 0 Å². The Bertz CT molecular complexity index is 528. The monoisotopic (exact) mass is 249 g/mol. The number of aliphatic hydroxyl groups is 1. The summed E-state index contributed by atoms with van der Waals surface area (Å²) in [5.41, 5.74) is 2.08. The number of rotatable bonds is 5. The average Bonchev–Trinajstić information content (AvgIpc) is 2.84. The molecular weight excluding hydrogens is 230 g/mol. The minimum Gasteiger partial charge on any atom is -0.465 e. The molecule has 2 aromatic heterocycles. The molecule has 98 valence electrons. The Labute approximate surface area is 106 Å². The van der Waals surface area contributed by atoms with E-state index in [0.717, 1.165) is 28.6 Å². The number of furan rings is 1. The molecule has 0 aliphatic carbocycles. The summed E-state index contributed by atoms with van der Waals surface area (Å²) >= 11 is 0. The fourth-order valence-electron chi connectivity index (χ4n) is 1.90. The highest BCUT2D eigenvalue weighted by molar-refractivity contribution is 5.46. The molecule has 0 aromatic carbocycles. The average molecular weight is 249 g/mol. The SMILES string of the molecule is Cc1ccc(CNc2c(C)c(C)nn2CCO)o1. The Balaban J connectivity index is 2.12. The number of nitrogens with zero attached hydrogens (tertiary/aromatic N) is 2. The van der Waals surface area contributed by atoms with E-state index in [1.54, 1.807) is 4.68 Å². The Morgan fingerprint density at radius 2 is 2.11 bits per heavy atom. The van der Waals surface area contributed by atoms with Crippen molar-refractivity contribution in [2.45, 2.75) is 33.9 Å². The van der Waals surface area contributed by atoms with Gasteiger partial charge in [0, 0.05) is 5.56 Å². The molecule has 2 heterocycles. The molecular formula is C13H19N3O2. The van der Waals surface area contributed by atoms with Gasteiger partial charge in [0.2, 0.25) is 0 Å². The standard InChI is InChI=1S/C13H19N3O2/c1-9-4-5-12(18-9)8-14-13-10(2)11(3)15-16(13)6-7-17/h4-5,14,17H,6-8H2,1-3H3. The molecule has 0 fully saturated rings. The number of anilines is 1. The van der Waals surface area contributed by atoms with Gasteiger partial charge in [-0.15, -0.1) is 0 Å². The highest BCUT2D eigenvalue weighted by atomic mass is 16.3. The van der Waals surface area contributed by atoms with Crippen molar-refractivity contribution in [2.75, 3.05) is 11.9 Å². The lowest BCUT2D eigenvalue weighted by molar-refractivity contribution is 0.270. The Kier molecular flexibility index (Phi) is 3.72. The summed E-state index contributed by atoms with van der Waals surface area (Å²) in [7, 11) is 0. The van der Waals surface area contributed by atoms with Crippen LogP contribution in [-0.4, -0.2) is 21.5 Å². The maximum absolute atomic E-state index is 9.03. The maximum atomic E-state index is 9.03. The zero-order chi connectivity index (χ0) is 13.1. The van der Waals surface area contributed by atoms with Crippen molar-refractivity contribution in [2.24, 2.45) is 0 Å².